The number of aliphatic carboxylic acids is 1. The van der Waals surface area contributed by atoms with Crippen molar-refractivity contribution in [3.05, 3.63) is 60.8 Å². The van der Waals surface area contributed by atoms with Gasteiger partial charge in [0.05, 0.1) is 42.3 Å². The standard InChI is InChI=1S/C32H39F2N7O6S/c1-3-16-48(44,45)38-26-5-4-25(33)32(30(26)34)41-19-24(22-17-35-21-36-18-22)31-27(41)6-7-28(37-31)39(2)23-8-10-40(11-9-23)12-13-46-14-15-47-20-29(42)43/h4-7,17-19,21,23,38H,3,8-16,20H2,1-2H3,(H,42,43). The van der Waals surface area contributed by atoms with E-state index in [1.807, 2.05) is 7.05 Å². The van der Waals surface area contributed by atoms with Gasteiger partial charge in [-0.2, -0.15) is 0 Å². The van der Waals surface area contributed by atoms with E-state index in [1.54, 1.807) is 37.6 Å². The monoisotopic (exact) mass is 687 g/mol. The lowest BCUT2D eigenvalue weighted by Crippen LogP contribution is -2.44. The van der Waals surface area contributed by atoms with E-state index in [-0.39, 0.29) is 30.7 Å². The smallest absolute Gasteiger partial charge is 0.329 e. The summed E-state index contributed by atoms with van der Waals surface area (Å²) in [4.78, 5) is 28.1. The number of nitrogens with one attached hydrogen (secondary N) is 1. The summed E-state index contributed by atoms with van der Waals surface area (Å²) >= 11 is 0. The third kappa shape index (κ3) is 8.42. The van der Waals surface area contributed by atoms with Crippen molar-refractivity contribution >= 4 is 38.5 Å². The van der Waals surface area contributed by atoms with Gasteiger partial charge in [0, 0.05) is 62.4 Å². The molecule has 1 aliphatic heterocycles. The summed E-state index contributed by atoms with van der Waals surface area (Å²) < 4.78 is 70.2. The largest absolute Gasteiger partial charge is 0.480 e. The molecule has 48 heavy (non-hydrogen) atoms. The number of fused-ring (bicyclic) bond motifs is 1. The first-order valence-corrected chi connectivity index (χ1v) is 17.3. The number of likely N-dealkylation sites (tertiary alicyclic amines) is 1. The van der Waals surface area contributed by atoms with Crippen LogP contribution in [0.5, 0.6) is 0 Å². The van der Waals surface area contributed by atoms with Gasteiger partial charge < -0.3 is 28.9 Å². The van der Waals surface area contributed by atoms with Gasteiger partial charge in [-0.25, -0.2) is 36.9 Å². The van der Waals surface area contributed by atoms with Gasteiger partial charge in [-0.3, -0.25) is 4.72 Å². The SMILES string of the molecule is CCCS(=O)(=O)Nc1ccc(F)c(-n2cc(-c3cncnc3)c3nc(N(C)C4CCN(CCOCCOCC(=O)O)CC4)ccc32)c1F. The Kier molecular flexibility index (Phi) is 11.5. The fraction of sp³-hybridized carbons (Fsp3) is 0.438. The highest BCUT2D eigenvalue weighted by Crippen LogP contribution is 2.36. The molecule has 1 fully saturated rings. The van der Waals surface area contributed by atoms with Crippen molar-refractivity contribution in [1.29, 1.82) is 0 Å². The van der Waals surface area contributed by atoms with E-state index >= 15 is 8.78 Å². The van der Waals surface area contributed by atoms with Gasteiger partial charge in [0.25, 0.3) is 0 Å². The Morgan fingerprint density at radius 2 is 1.81 bits per heavy atom. The molecule has 1 aromatic carbocycles. The van der Waals surface area contributed by atoms with Crippen LogP contribution in [-0.4, -0.2) is 109 Å². The molecule has 0 radical (unpaired) electrons. The number of ether oxygens (including phenoxy) is 2. The number of rotatable bonds is 16. The van der Waals surface area contributed by atoms with Crippen LogP contribution in [0.1, 0.15) is 26.2 Å². The predicted octanol–water partition coefficient (Wildman–Crippen LogP) is 3.93. The van der Waals surface area contributed by atoms with Crippen LogP contribution in [0.2, 0.25) is 0 Å². The number of carboxylic acid groups (broad SMARTS) is 1. The second kappa shape index (κ2) is 15.8. The Balaban J connectivity index is 1.36. The molecule has 3 aromatic heterocycles. The molecule has 4 aromatic rings. The molecule has 2 N–H and O–H groups in total. The lowest BCUT2D eigenvalue weighted by Gasteiger charge is -2.37. The van der Waals surface area contributed by atoms with Crippen molar-refractivity contribution in [3.63, 3.8) is 0 Å². The van der Waals surface area contributed by atoms with E-state index < -0.39 is 33.3 Å². The Morgan fingerprint density at radius 3 is 2.52 bits per heavy atom. The Hall–Kier alpha value is -4.25. The molecule has 258 valence electrons. The summed E-state index contributed by atoms with van der Waals surface area (Å²) in [5.41, 5.74) is 1.26. The highest BCUT2D eigenvalue weighted by atomic mass is 32.2. The van der Waals surface area contributed by atoms with Crippen molar-refractivity contribution in [1.82, 2.24) is 24.4 Å². The van der Waals surface area contributed by atoms with Gasteiger partial charge in [-0.1, -0.05) is 6.92 Å². The molecule has 0 atom stereocenters. The second-order valence-corrected chi connectivity index (χ2v) is 13.3. The zero-order chi connectivity index (χ0) is 34.3. The number of anilines is 2. The lowest BCUT2D eigenvalue weighted by atomic mass is 10.0. The number of piperidine rings is 1. The Bertz CT molecular complexity index is 1820. The van der Waals surface area contributed by atoms with Crippen LogP contribution in [0, 0.1) is 11.6 Å². The average molecular weight is 688 g/mol. The number of hydrogen-bond acceptors (Lipinski definition) is 10. The van der Waals surface area contributed by atoms with Crippen molar-refractivity contribution < 1.29 is 36.6 Å². The molecular formula is C32H39F2N7O6S. The van der Waals surface area contributed by atoms with Crippen LogP contribution >= 0.6 is 0 Å². The maximum atomic E-state index is 15.9. The third-order valence-electron chi connectivity index (χ3n) is 8.17. The first kappa shape index (κ1) is 35.1. The number of sulfonamides is 1. The highest BCUT2D eigenvalue weighted by molar-refractivity contribution is 7.92. The van der Waals surface area contributed by atoms with Crippen molar-refractivity contribution in [2.45, 2.75) is 32.2 Å². The number of halogens is 2. The number of hydrogen-bond donors (Lipinski definition) is 2. The van der Waals surface area contributed by atoms with Gasteiger partial charge >= 0.3 is 5.97 Å². The number of aromatic nitrogens is 4. The fourth-order valence-electron chi connectivity index (χ4n) is 5.74. The van der Waals surface area contributed by atoms with Crippen LogP contribution in [-0.2, 0) is 24.3 Å². The van der Waals surface area contributed by atoms with Gasteiger partial charge in [0.1, 0.15) is 30.3 Å². The maximum absolute atomic E-state index is 15.9. The third-order valence-corrected chi connectivity index (χ3v) is 9.64. The van der Waals surface area contributed by atoms with Gasteiger partial charge in [0.2, 0.25) is 10.0 Å². The van der Waals surface area contributed by atoms with Crippen LogP contribution in [0.4, 0.5) is 20.3 Å². The molecule has 0 aliphatic carbocycles. The second-order valence-electron chi connectivity index (χ2n) is 11.5. The summed E-state index contributed by atoms with van der Waals surface area (Å²) in [7, 11) is -1.85. The first-order chi connectivity index (χ1) is 23.1. The number of benzene rings is 1. The summed E-state index contributed by atoms with van der Waals surface area (Å²) in [6.45, 7) is 4.91. The summed E-state index contributed by atoms with van der Waals surface area (Å²) in [6.07, 6.45) is 8.23. The van der Waals surface area contributed by atoms with E-state index in [0.717, 1.165) is 44.6 Å². The molecule has 13 nitrogen and oxygen atoms in total. The first-order valence-electron chi connectivity index (χ1n) is 15.7. The predicted molar refractivity (Wildman–Crippen MR) is 177 cm³/mol. The number of pyridine rings is 1. The van der Waals surface area contributed by atoms with Crippen molar-refractivity contribution in [3.8, 4) is 16.8 Å². The Morgan fingerprint density at radius 1 is 1.08 bits per heavy atom. The molecule has 0 spiro atoms. The van der Waals surface area contributed by atoms with Gasteiger partial charge in [0.15, 0.2) is 5.82 Å². The number of nitrogens with zero attached hydrogens (tertiary/aromatic N) is 6. The molecule has 16 heteroatoms. The molecule has 4 heterocycles. The highest BCUT2D eigenvalue weighted by Gasteiger charge is 2.26. The summed E-state index contributed by atoms with van der Waals surface area (Å²) in [6, 6.07) is 5.86. The minimum absolute atomic E-state index is 0.199. The Labute approximate surface area is 277 Å². The summed E-state index contributed by atoms with van der Waals surface area (Å²) in [5.74, 6) is -2.45. The number of carbonyl (C=O) groups is 1. The zero-order valence-corrected chi connectivity index (χ0v) is 27.6. The molecule has 5 rings (SSSR count). The van der Waals surface area contributed by atoms with Gasteiger partial charge in [-0.15, -0.1) is 0 Å². The fourth-order valence-corrected chi connectivity index (χ4v) is 6.88. The molecule has 0 amide bonds. The summed E-state index contributed by atoms with van der Waals surface area (Å²) in [5, 5.41) is 8.61. The minimum atomic E-state index is -3.83. The van der Waals surface area contributed by atoms with E-state index in [0.29, 0.717) is 47.6 Å². The zero-order valence-electron chi connectivity index (χ0n) is 26.8. The molecular weight excluding hydrogens is 648 g/mol. The molecule has 1 aliphatic rings. The van der Waals surface area contributed by atoms with Crippen molar-refractivity contribution in [2.24, 2.45) is 0 Å². The quantitative estimate of drug-likeness (QED) is 0.165. The average Bonchev–Trinajstić information content (AvgIpc) is 3.44. The van der Waals surface area contributed by atoms with Crippen LogP contribution in [0.15, 0.2) is 49.2 Å². The normalized spacial score (nSPS) is 14.4. The molecule has 0 unspecified atom stereocenters. The van der Waals surface area contributed by atoms with Gasteiger partial charge in [-0.05, 0) is 43.5 Å². The van der Waals surface area contributed by atoms with E-state index in [1.165, 1.54) is 10.9 Å². The van der Waals surface area contributed by atoms with E-state index in [9.17, 15) is 13.2 Å². The lowest BCUT2D eigenvalue weighted by molar-refractivity contribution is -0.142. The molecule has 0 saturated carbocycles. The topological polar surface area (TPSA) is 152 Å². The number of carboxylic acids is 1. The van der Waals surface area contributed by atoms with Crippen LogP contribution in [0.3, 0.4) is 0 Å². The van der Waals surface area contributed by atoms with Crippen molar-refractivity contribution in [2.75, 3.05) is 68.5 Å². The molecule has 0 bridgehead atoms. The van der Waals surface area contributed by atoms with E-state index in [4.69, 9.17) is 19.6 Å². The maximum Gasteiger partial charge on any atom is 0.329 e. The van der Waals surface area contributed by atoms with Crippen LogP contribution < -0.4 is 9.62 Å². The minimum Gasteiger partial charge on any atom is -0.480 e. The molecule has 1 saturated heterocycles. The van der Waals surface area contributed by atoms with Crippen LogP contribution in [0.25, 0.3) is 27.8 Å². The van der Waals surface area contributed by atoms with E-state index in [2.05, 4.69) is 24.5 Å².